The number of hydrogen-bond donors (Lipinski definition) is 3. The summed E-state index contributed by atoms with van der Waals surface area (Å²) in [6.45, 7) is 2.22. The van der Waals surface area contributed by atoms with Gasteiger partial charge >= 0.3 is 0 Å². The lowest BCUT2D eigenvalue weighted by atomic mass is 10.1. The average molecular weight is 428 g/mol. The summed E-state index contributed by atoms with van der Waals surface area (Å²) < 4.78 is 14.3. The molecule has 7 nitrogen and oxygen atoms in total. The second kappa shape index (κ2) is 9.96. The van der Waals surface area contributed by atoms with Crippen molar-refractivity contribution in [1.29, 1.82) is 0 Å². The van der Waals surface area contributed by atoms with E-state index in [1.807, 2.05) is 6.92 Å². The number of aliphatic hydroxyl groups is 1. The molecule has 3 aromatic rings. The number of carbonyl (C=O) groups is 1. The molecule has 0 unspecified atom stereocenters. The molecule has 2 heterocycles. The maximum Gasteiger partial charge on any atom is 0.255 e. The first-order valence-electron chi connectivity index (χ1n) is 9.29. The number of benzene rings is 1. The number of rotatable bonds is 8. The Morgan fingerprint density at radius 2 is 2.17 bits per heavy atom. The molecule has 154 valence electrons. The van der Waals surface area contributed by atoms with Crippen LogP contribution in [-0.2, 0) is 6.42 Å². The van der Waals surface area contributed by atoms with Crippen molar-refractivity contribution >= 4 is 29.0 Å². The second-order valence-electron chi connectivity index (χ2n) is 6.29. The Morgan fingerprint density at radius 1 is 1.33 bits per heavy atom. The van der Waals surface area contributed by atoms with Gasteiger partial charge in [-0.15, -0.1) is 0 Å². The first kappa shape index (κ1) is 21.4. The van der Waals surface area contributed by atoms with E-state index in [0.29, 0.717) is 35.9 Å². The minimum atomic E-state index is -0.498. The highest BCUT2D eigenvalue weighted by Gasteiger charge is 2.16. The van der Waals surface area contributed by atoms with Crippen LogP contribution in [0.4, 0.5) is 15.9 Å². The number of aromatic nitrogens is 3. The fourth-order valence-electron chi connectivity index (χ4n) is 2.65. The monoisotopic (exact) mass is 427 g/mol. The molecule has 0 aliphatic carbocycles. The van der Waals surface area contributed by atoms with Crippen LogP contribution < -0.4 is 10.6 Å². The molecule has 3 rings (SSSR count). The van der Waals surface area contributed by atoms with Crippen LogP contribution in [0.5, 0.6) is 0 Å². The Bertz CT molecular complexity index is 1050. The molecular formula is C21H19ClFN5O2. The Morgan fingerprint density at radius 3 is 2.93 bits per heavy atom. The molecule has 1 aromatic carbocycles. The number of hydrogen-bond acceptors (Lipinski definition) is 6. The van der Waals surface area contributed by atoms with Gasteiger partial charge in [-0.05, 0) is 37.1 Å². The van der Waals surface area contributed by atoms with E-state index < -0.39 is 5.82 Å². The zero-order valence-electron chi connectivity index (χ0n) is 16.2. The fraction of sp³-hybridized carbons (Fsp3) is 0.238. The van der Waals surface area contributed by atoms with E-state index in [-0.39, 0.29) is 29.5 Å². The third-order valence-electron chi connectivity index (χ3n) is 4.23. The molecule has 0 aliphatic rings. The highest BCUT2D eigenvalue weighted by atomic mass is 35.5. The van der Waals surface area contributed by atoms with Crippen LogP contribution in [0.25, 0.3) is 11.4 Å². The third-order valence-corrected chi connectivity index (χ3v) is 4.47. The van der Waals surface area contributed by atoms with Crippen LogP contribution in [0, 0.1) is 18.1 Å². The Hall–Kier alpha value is -3.28. The molecule has 0 saturated carbocycles. The van der Waals surface area contributed by atoms with Gasteiger partial charge in [0.2, 0.25) is 0 Å². The van der Waals surface area contributed by atoms with Crippen LogP contribution in [0.15, 0.2) is 30.6 Å². The van der Waals surface area contributed by atoms with E-state index in [1.54, 1.807) is 6.20 Å². The summed E-state index contributed by atoms with van der Waals surface area (Å²) >= 11 is 5.99. The summed E-state index contributed by atoms with van der Waals surface area (Å²) in [5.41, 5.74) is 1.48. The SMILES string of the molecule is CCc1cnc(-c2cc(Cl)ccc2F)nc1Nc1c#cncc1C(=O)NCCCO. The predicted molar refractivity (Wildman–Crippen MR) is 111 cm³/mol. The number of anilines is 2. The van der Waals surface area contributed by atoms with Crippen LogP contribution in [0.3, 0.4) is 0 Å². The van der Waals surface area contributed by atoms with Gasteiger partial charge in [0.25, 0.3) is 5.91 Å². The van der Waals surface area contributed by atoms with Gasteiger partial charge in [-0.1, -0.05) is 18.5 Å². The molecule has 9 heteroatoms. The first-order valence-corrected chi connectivity index (χ1v) is 9.67. The maximum atomic E-state index is 14.3. The molecule has 0 aliphatic heterocycles. The zero-order chi connectivity index (χ0) is 21.5. The summed E-state index contributed by atoms with van der Waals surface area (Å²) in [6, 6.07) is 6.93. The van der Waals surface area contributed by atoms with Crippen molar-refractivity contribution in [3.63, 3.8) is 0 Å². The van der Waals surface area contributed by atoms with E-state index in [1.165, 1.54) is 24.4 Å². The molecule has 0 bridgehead atoms. The quantitative estimate of drug-likeness (QED) is 0.477. The summed E-state index contributed by atoms with van der Waals surface area (Å²) in [7, 11) is 0. The van der Waals surface area contributed by atoms with Crippen molar-refractivity contribution < 1.29 is 14.3 Å². The topological polar surface area (TPSA) is 100 Å². The lowest BCUT2D eigenvalue weighted by molar-refractivity contribution is 0.0951. The summed E-state index contributed by atoms with van der Waals surface area (Å²) in [5, 5.41) is 15.0. The van der Waals surface area contributed by atoms with Gasteiger partial charge in [-0.25, -0.2) is 19.3 Å². The minimum Gasteiger partial charge on any atom is -0.396 e. The molecular weight excluding hydrogens is 409 g/mol. The van der Waals surface area contributed by atoms with E-state index in [4.69, 9.17) is 16.7 Å². The standard InChI is InChI=1S/C21H19ClFN5O2/c1-2-13-11-26-20(15-10-14(22)4-5-17(15)23)28-19(13)27-18-6-8-24-12-16(18)21(30)25-7-3-9-29/h4-5,10-12,29H,2-3,7,9H2,1H3,(H,25,30)(H,26,27,28). The maximum absolute atomic E-state index is 14.3. The van der Waals surface area contributed by atoms with Gasteiger partial charge in [0.15, 0.2) is 5.82 Å². The van der Waals surface area contributed by atoms with E-state index >= 15 is 0 Å². The van der Waals surface area contributed by atoms with E-state index in [0.717, 1.165) is 5.56 Å². The molecule has 3 N–H and O–H groups in total. The number of aliphatic hydroxyl groups excluding tert-OH is 1. The first-order chi connectivity index (χ1) is 14.5. The van der Waals surface area contributed by atoms with Crippen molar-refractivity contribution in [2.24, 2.45) is 0 Å². The Balaban J connectivity index is 1.95. The van der Waals surface area contributed by atoms with Gasteiger partial charge in [0.1, 0.15) is 17.3 Å². The molecule has 0 spiro atoms. The van der Waals surface area contributed by atoms with Crippen LogP contribution in [0.2, 0.25) is 5.02 Å². The molecule has 0 saturated heterocycles. The van der Waals surface area contributed by atoms with Crippen molar-refractivity contribution in [3.8, 4) is 11.4 Å². The molecule has 30 heavy (non-hydrogen) atoms. The highest BCUT2D eigenvalue weighted by Crippen LogP contribution is 2.27. The predicted octanol–water partition coefficient (Wildman–Crippen LogP) is 3.35. The lowest BCUT2D eigenvalue weighted by Gasteiger charge is -2.13. The second-order valence-corrected chi connectivity index (χ2v) is 6.72. The summed E-state index contributed by atoms with van der Waals surface area (Å²) in [5.74, 6) is -0.317. The molecule has 0 radical (unpaired) electrons. The zero-order valence-corrected chi connectivity index (χ0v) is 16.9. The minimum absolute atomic E-state index is 0.0258. The lowest BCUT2D eigenvalue weighted by Crippen LogP contribution is -2.25. The summed E-state index contributed by atoms with van der Waals surface area (Å²) in [6.07, 6.45) is 6.56. The third kappa shape index (κ3) is 5.00. The number of aryl methyl sites for hydroxylation is 1. The van der Waals surface area contributed by atoms with Crippen molar-refractivity contribution in [3.05, 3.63) is 64.8 Å². The largest absolute Gasteiger partial charge is 0.396 e. The van der Waals surface area contributed by atoms with E-state index in [9.17, 15) is 9.18 Å². The van der Waals surface area contributed by atoms with Crippen LogP contribution in [-0.4, -0.2) is 39.1 Å². The van der Waals surface area contributed by atoms with Gasteiger partial charge in [-0.3, -0.25) is 4.79 Å². The molecule has 0 atom stereocenters. The van der Waals surface area contributed by atoms with Crippen molar-refractivity contribution in [1.82, 2.24) is 20.3 Å². The van der Waals surface area contributed by atoms with Gasteiger partial charge in [0.05, 0.1) is 17.3 Å². The van der Waals surface area contributed by atoms with Crippen molar-refractivity contribution in [2.75, 3.05) is 18.5 Å². The van der Waals surface area contributed by atoms with Crippen LogP contribution >= 0.6 is 11.6 Å². The number of carbonyl (C=O) groups excluding carboxylic acids is 1. The van der Waals surface area contributed by atoms with Crippen molar-refractivity contribution in [2.45, 2.75) is 19.8 Å². The number of halogens is 2. The molecule has 1 amide bonds. The Labute approximate surface area is 178 Å². The van der Waals surface area contributed by atoms with Crippen LogP contribution in [0.1, 0.15) is 29.3 Å². The van der Waals surface area contributed by atoms with Gasteiger partial charge in [-0.2, -0.15) is 0 Å². The number of nitrogens with one attached hydrogen (secondary N) is 2. The smallest absolute Gasteiger partial charge is 0.255 e. The average Bonchev–Trinajstić information content (AvgIpc) is 2.76. The fourth-order valence-corrected chi connectivity index (χ4v) is 2.83. The highest BCUT2D eigenvalue weighted by molar-refractivity contribution is 6.30. The number of amides is 1. The number of nitrogens with zero attached hydrogens (tertiary/aromatic N) is 3. The van der Waals surface area contributed by atoms with Gasteiger partial charge < -0.3 is 15.7 Å². The summed E-state index contributed by atoms with van der Waals surface area (Å²) in [4.78, 5) is 25.0. The van der Waals surface area contributed by atoms with Gasteiger partial charge in [0, 0.05) is 36.1 Å². The van der Waals surface area contributed by atoms with E-state index in [2.05, 4.69) is 37.8 Å². The molecule has 2 aromatic heterocycles. The normalized spacial score (nSPS) is 10.4. The molecule has 0 fully saturated rings. The Kier molecular flexibility index (Phi) is 7.12.